The summed E-state index contributed by atoms with van der Waals surface area (Å²) in [5.41, 5.74) is 2.51. The molecule has 0 aliphatic heterocycles. The molecule has 1 heterocycles. The van der Waals surface area contributed by atoms with Crippen LogP contribution < -0.4 is 5.32 Å². The Morgan fingerprint density at radius 3 is 2.65 bits per heavy atom. The number of nitrogens with zero attached hydrogens (tertiary/aromatic N) is 1. The number of aromatic nitrogens is 2. The molecule has 0 bridgehead atoms. The lowest BCUT2D eigenvalue weighted by molar-refractivity contribution is 0.0923. The van der Waals surface area contributed by atoms with Gasteiger partial charge in [0.05, 0.1) is 17.1 Å². The summed E-state index contributed by atoms with van der Waals surface area (Å²) in [7, 11) is 0. The SMILES string of the molecule is CC(C)[C@@H](NC(=O)c1cccc(Br)c1)c1nc2ccccc2[nH]1. The third-order valence-electron chi connectivity index (χ3n) is 3.74. The van der Waals surface area contributed by atoms with Crippen LogP contribution in [0.1, 0.15) is 36.1 Å². The van der Waals surface area contributed by atoms with Gasteiger partial charge in [-0.25, -0.2) is 4.98 Å². The van der Waals surface area contributed by atoms with Crippen LogP contribution in [0.5, 0.6) is 0 Å². The van der Waals surface area contributed by atoms with Crippen molar-refractivity contribution < 1.29 is 4.79 Å². The van der Waals surface area contributed by atoms with Crippen molar-refractivity contribution in [3.05, 3.63) is 64.4 Å². The summed E-state index contributed by atoms with van der Waals surface area (Å²) in [6.07, 6.45) is 0. The highest BCUT2D eigenvalue weighted by atomic mass is 79.9. The summed E-state index contributed by atoms with van der Waals surface area (Å²) in [4.78, 5) is 20.5. The zero-order valence-electron chi connectivity index (χ0n) is 13.0. The standard InChI is InChI=1S/C18H18BrN3O/c1-11(2)16(17-20-14-8-3-4-9-15(14)21-17)22-18(23)12-6-5-7-13(19)10-12/h3-11,16H,1-2H3,(H,20,21)(H,22,23)/t16-/m1/s1. The fourth-order valence-corrected chi connectivity index (χ4v) is 2.92. The summed E-state index contributed by atoms with van der Waals surface area (Å²) in [5.74, 6) is 0.890. The van der Waals surface area contributed by atoms with Crippen LogP contribution in [-0.4, -0.2) is 15.9 Å². The molecule has 1 atom stereocenters. The number of hydrogen-bond donors (Lipinski definition) is 2. The van der Waals surface area contributed by atoms with E-state index < -0.39 is 0 Å². The number of imidazole rings is 1. The number of carbonyl (C=O) groups excluding carboxylic acids is 1. The number of benzene rings is 2. The molecule has 3 rings (SSSR count). The molecule has 118 valence electrons. The van der Waals surface area contributed by atoms with Crippen molar-refractivity contribution in [3.8, 4) is 0 Å². The van der Waals surface area contributed by atoms with Crippen LogP contribution in [0.25, 0.3) is 11.0 Å². The minimum absolute atomic E-state index is 0.106. The smallest absolute Gasteiger partial charge is 0.251 e. The minimum Gasteiger partial charge on any atom is -0.342 e. The van der Waals surface area contributed by atoms with Gasteiger partial charge in [0.2, 0.25) is 0 Å². The summed E-state index contributed by atoms with van der Waals surface area (Å²) in [5, 5.41) is 3.08. The number of fused-ring (bicyclic) bond motifs is 1. The number of carbonyl (C=O) groups is 1. The molecule has 1 aromatic heterocycles. The van der Waals surface area contributed by atoms with E-state index in [1.54, 1.807) is 6.07 Å². The Morgan fingerprint density at radius 1 is 1.17 bits per heavy atom. The zero-order valence-corrected chi connectivity index (χ0v) is 14.6. The molecular weight excluding hydrogens is 354 g/mol. The van der Waals surface area contributed by atoms with Crippen molar-refractivity contribution in [2.24, 2.45) is 5.92 Å². The van der Waals surface area contributed by atoms with E-state index in [4.69, 9.17) is 0 Å². The number of rotatable bonds is 4. The molecule has 0 saturated carbocycles. The lowest BCUT2D eigenvalue weighted by Gasteiger charge is -2.20. The maximum absolute atomic E-state index is 12.5. The average Bonchev–Trinajstić information content (AvgIpc) is 2.95. The average molecular weight is 372 g/mol. The Balaban J connectivity index is 1.88. The van der Waals surface area contributed by atoms with Crippen molar-refractivity contribution >= 4 is 32.9 Å². The number of amides is 1. The molecule has 0 aliphatic rings. The molecule has 0 saturated heterocycles. The van der Waals surface area contributed by atoms with Crippen LogP contribution in [0, 0.1) is 5.92 Å². The van der Waals surface area contributed by atoms with E-state index in [-0.39, 0.29) is 17.9 Å². The van der Waals surface area contributed by atoms with Crippen LogP contribution in [0.4, 0.5) is 0 Å². The molecule has 0 fully saturated rings. The van der Waals surface area contributed by atoms with Gasteiger partial charge in [0, 0.05) is 10.0 Å². The van der Waals surface area contributed by atoms with Gasteiger partial charge in [0.25, 0.3) is 5.91 Å². The van der Waals surface area contributed by atoms with Gasteiger partial charge in [-0.05, 0) is 36.2 Å². The number of nitrogens with one attached hydrogen (secondary N) is 2. The largest absolute Gasteiger partial charge is 0.342 e. The van der Waals surface area contributed by atoms with Crippen LogP contribution in [0.15, 0.2) is 53.0 Å². The lowest BCUT2D eigenvalue weighted by atomic mass is 10.0. The zero-order chi connectivity index (χ0) is 16.4. The number of H-pyrrole nitrogens is 1. The monoisotopic (exact) mass is 371 g/mol. The maximum atomic E-state index is 12.5. The van der Waals surface area contributed by atoms with Crippen molar-refractivity contribution in [2.75, 3.05) is 0 Å². The molecule has 0 unspecified atom stereocenters. The molecule has 3 aromatic rings. The van der Waals surface area contributed by atoms with E-state index in [2.05, 4.69) is 45.1 Å². The molecule has 23 heavy (non-hydrogen) atoms. The fraction of sp³-hybridized carbons (Fsp3) is 0.222. The van der Waals surface area contributed by atoms with Crippen molar-refractivity contribution in [1.82, 2.24) is 15.3 Å². The topological polar surface area (TPSA) is 57.8 Å². The first-order chi connectivity index (χ1) is 11.0. The quantitative estimate of drug-likeness (QED) is 0.711. The first-order valence-electron chi connectivity index (χ1n) is 7.55. The third kappa shape index (κ3) is 3.45. The summed E-state index contributed by atoms with van der Waals surface area (Å²) >= 11 is 3.40. The second-order valence-corrected chi connectivity index (χ2v) is 6.76. The van der Waals surface area contributed by atoms with E-state index in [1.165, 1.54) is 0 Å². The molecular formula is C18H18BrN3O. The summed E-state index contributed by atoms with van der Waals surface area (Å²) < 4.78 is 0.884. The normalized spacial score (nSPS) is 12.5. The van der Waals surface area contributed by atoms with E-state index in [9.17, 15) is 4.79 Å². The summed E-state index contributed by atoms with van der Waals surface area (Å²) in [6.45, 7) is 4.14. The molecule has 4 nitrogen and oxygen atoms in total. The predicted molar refractivity (Wildman–Crippen MR) is 95.3 cm³/mol. The Bertz CT molecular complexity index is 808. The molecule has 1 amide bonds. The highest BCUT2D eigenvalue weighted by Gasteiger charge is 2.22. The first-order valence-corrected chi connectivity index (χ1v) is 8.35. The molecule has 0 radical (unpaired) electrons. The second kappa shape index (κ2) is 6.54. The van der Waals surface area contributed by atoms with Crippen LogP contribution >= 0.6 is 15.9 Å². The van der Waals surface area contributed by atoms with Gasteiger partial charge in [-0.2, -0.15) is 0 Å². The van der Waals surface area contributed by atoms with Gasteiger partial charge in [0.15, 0.2) is 0 Å². The highest BCUT2D eigenvalue weighted by Crippen LogP contribution is 2.23. The van der Waals surface area contributed by atoms with Crippen LogP contribution in [0.2, 0.25) is 0 Å². The van der Waals surface area contributed by atoms with Gasteiger partial charge < -0.3 is 10.3 Å². The highest BCUT2D eigenvalue weighted by molar-refractivity contribution is 9.10. The number of hydrogen-bond acceptors (Lipinski definition) is 2. The van der Waals surface area contributed by atoms with Gasteiger partial charge >= 0.3 is 0 Å². The molecule has 2 N–H and O–H groups in total. The third-order valence-corrected chi connectivity index (χ3v) is 4.24. The van der Waals surface area contributed by atoms with Gasteiger partial charge in [-0.1, -0.05) is 48.0 Å². The molecule has 5 heteroatoms. The van der Waals surface area contributed by atoms with Gasteiger partial charge in [0.1, 0.15) is 5.82 Å². The number of para-hydroxylation sites is 2. The summed E-state index contributed by atoms with van der Waals surface area (Å²) in [6, 6.07) is 15.1. The Labute approximate surface area is 143 Å². The van der Waals surface area contributed by atoms with Crippen LogP contribution in [0.3, 0.4) is 0 Å². The first kappa shape index (κ1) is 15.7. The Kier molecular flexibility index (Phi) is 4.48. The van der Waals surface area contributed by atoms with Gasteiger partial charge in [-0.3, -0.25) is 4.79 Å². The maximum Gasteiger partial charge on any atom is 0.251 e. The minimum atomic E-state index is -0.172. The fourth-order valence-electron chi connectivity index (χ4n) is 2.52. The molecule has 0 spiro atoms. The Hall–Kier alpha value is -2.14. The van der Waals surface area contributed by atoms with E-state index >= 15 is 0 Å². The second-order valence-electron chi connectivity index (χ2n) is 5.84. The van der Waals surface area contributed by atoms with Crippen molar-refractivity contribution in [1.29, 1.82) is 0 Å². The molecule has 0 aliphatic carbocycles. The number of aromatic amines is 1. The predicted octanol–water partition coefficient (Wildman–Crippen LogP) is 4.45. The van der Waals surface area contributed by atoms with Crippen molar-refractivity contribution in [2.45, 2.75) is 19.9 Å². The Morgan fingerprint density at radius 2 is 1.96 bits per heavy atom. The number of halogens is 1. The van der Waals surface area contributed by atoms with Gasteiger partial charge in [-0.15, -0.1) is 0 Å². The lowest BCUT2D eigenvalue weighted by Crippen LogP contribution is -2.32. The van der Waals surface area contributed by atoms with Crippen molar-refractivity contribution in [3.63, 3.8) is 0 Å². The van der Waals surface area contributed by atoms with E-state index in [0.29, 0.717) is 5.56 Å². The van der Waals surface area contributed by atoms with E-state index in [1.807, 2.05) is 42.5 Å². The van der Waals surface area contributed by atoms with E-state index in [0.717, 1.165) is 21.3 Å². The molecule has 2 aromatic carbocycles. The van der Waals surface area contributed by atoms with Crippen LogP contribution in [-0.2, 0) is 0 Å².